The molecule has 0 saturated heterocycles. The zero-order chi connectivity index (χ0) is 13.0. The summed E-state index contributed by atoms with van der Waals surface area (Å²) in [6, 6.07) is 6.95. The molecule has 0 bridgehead atoms. The van der Waals surface area contributed by atoms with Gasteiger partial charge in [0.05, 0.1) is 6.61 Å². The number of hydrogen-bond donors (Lipinski definition) is 0. The fourth-order valence-corrected chi connectivity index (χ4v) is 3.79. The van der Waals surface area contributed by atoms with Gasteiger partial charge in [0.2, 0.25) is 0 Å². The van der Waals surface area contributed by atoms with E-state index in [1.165, 1.54) is 18.9 Å². The van der Waals surface area contributed by atoms with Crippen LogP contribution >= 0.6 is 31.9 Å². The zero-order valence-corrected chi connectivity index (χ0v) is 13.3. The van der Waals surface area contributed by atoms with Crippen LogP contribution in [0, 0.1) is 11.7 Å². The van der Waals surface area contributed by atoms with Crippen LogP contribution in [0.1, 0.15) is 18.4 Å². The second-order valence-electron chi connectivity index (χ2n) is 4.99. The molecule has 0 heterocycles. The van der Waals surface area contributed by atoms with Gasteiger partial charge >= 0.3 is 0 Å². The largest absolute Gasteiger partial charge is 0.380 e. The van der Waals surface area contributed by atoms with Crippen molar-refractivity contribution in [1.82, 2.24) is 0 Å². The third-order valence-corrected chi connectivity index (χ3v) is 5.53. The molecular formula is C14H17Br2FO. The molecule has 0 N–H and O–H groups in total. The van der Waals surface area contributed by atoms with Crippen LogP contribution in [-0.4, -0.2) is 23.9 Å². The van der Waals surface area contributed by atoms with Gasteiger partial charge in [-0.05, 0) is 30.4 Å². The SMILES string of the molecule is Fc1ccccc1C(CBr)(CBr)COCC1CC1. The summed E-state index contributed by atoms with van der Waals surface area (Å²) in [6.45, 7) is 1.34. The van der Waals surface area contributed by atoms with E-state index >= 15 is 0 Å². The Morgan fingerprint density at radius 1 is 1.22 bits per heavy atom. The number of halogens is 3. The van der Waals surface area contributed by atoms with Crippen LogP contribution in [0.2, 0.25) is 0 Å². The summed E-state index contributed by atoms with van der Waals surface area (Å²) in [5.74, 6) is 0.570. The lowest BCUT2D eigenvalue weighted by atomic mass is 9.85. The Labute approximate surface area is 124 Å². The first-order valence-electron chi connectivity index (χ1n) is 6.16. The average Bonchev–Trinajstić information content (AvgIpc) is 3.20. The lowest BCUT2D eigenvalue weighted by Crippen LogP contribution is -2.37. The molecule has 18 heavy (non-hydrogen) atoms. The smallest absolute Gasteiger partial charge is 0.127 e. The van der Waals surface area contributed by atoms with E-state index < -0.39 is 0 Å². The molecule has 1 aliphatic rings. The predicted octanol–water partition coefficient (Wildman–Crippen LogP) is 4.28. The number of hydrogen-bond acceptors (Lipinski definition) is 1. The first-order chi connectivity index (χ1) is 8.72. The lowest BCUT2D eigenvalue weighted by molar-refractivity contribution is 0.0893. The minimum atomic E-state index is -0.333. The van der Waals surface area contributed by atoms with Crippen LogP contribution in [0.5, 0.6) is 0 Å². The summed E-state index contributed by atoms with van der Waals surface area (Å²) in [5.41, 5.74) is 0.384. The van der Waals surface area contributed by atoms with Crippen molar-refractivity contribution in [3.63, 3.8) is 0 Å². The van der Waals surface area contributed by atoms with Crippen molar-refractivity contribution in [2.45, 2.75) is 18.3 Å². The molecule has 0 unspecified atom stereocenters. The molecule has 1 aromatic rings. The number of benzene rings is 1. The van der Waals surface area contributed by atoms with Crippen molar-refractivity contribution < 1.29 is 9.13 Å². The molecule has 1 saturated carbocycles. The summed E-state index contributed by atoms with van der Waals surface area (Å²) in [4.78, 5) is 0. The van der Waals surface area contributed by atoms with Gasteiger partial charge in [0.25, 0.3) is 0 Å². The molecular weight excluding hydrogens is 363 g/mol. The van der Waals surface area contributed by atoms with Gasteiger partial charge in [0.1, 0.15) is 5.82 Å². The molecule has 1 aliphatic carbocycles. The summed E-state index contributed by atoms with van der Waals surface area (Å²) < 4.78 is 19.7. The van der Waals surface area contributed by atoms with E-state index in [4.69, 9.17) is 4.74 Å². The van der Waals surface area contributed by atoms with Crippen LogP contribution in [0.4, 0.5) is 4.39 Å². The van der Waals surface area contributed by atoms with E-state index in [0.29, 0.717) is 17.3 Å². The van der Waals surface area contributed by atoms with E-state index in [-0.39, 0.29) is 11.2 Å². The van der Waals surface area contributed by atoms with Crippen molar-refractivity contribution >= 4 is 31.9 Å². The fourth-order valence-electron chi connectivity index (χ4n) is 1.93. The van der Waals surface area contributed by atoms with E-state index in [2.05, 4.69) is 31.9 Å². The highest BCUT2D eigenvalue weighted by Gasteiger charge is 2.34. The minimum Gasteiger partial charge on any atom is -0.380 e. The van der Waals surface area contributed by atoms with Crippen molar-refractivity contribution in [3.05, 3.63) is 35.6 Å². The maximum absolute atomic E-state index is 14.0. The van der Waals surface area contributed by atoms with Crippen LogP contribution in [-0.2, 0) is 10.2 Å². The summed E-state index contributed by atoms with van der Waals surface area (Å²) in [7, 11) is 0. The number of ether oxygens (including phenoxy) is 1. The van der Waals surface area contributed by atoms with Gasteiger partial charge in [-0.15, -0.1) is 0 Å². The molecule has 0 amide bonds. The number of rotatable bonds is 7. The third-order valence-electron chi connectivity index (χ3n) is 3.39. The lowest BCUT2D eigenvalue weighted by Gasteiger charge is -2.30. The Morgan fingerprint density at radius 3 is 2.44 bits per heavy atom. The Morgan fingerprint density at radius 2 is 1.89 bits per heavy atom. The second kappa shape index (κ2) is 6.49. The topological polar surface area (TPSA) is 9.23 Å². The second-order valence-corrected chi connectivity index (χ2v) is 6.11. The van der Waals surface area contributed by atoms with E-state index in [9.17, 15) is 4.39 Å². The van der Waals surface area contributed by atoms with Gasteiger partial charge in [-0.1, -0.05) is 50.1 Å². The van der Waals surface area contributed by atoms with Crippen molar-refractivity contribution in [1.29, 1.82) is 0 Å². The monoisotopic (exact) mass is 378 g/mol. The summed E-state index contributed by atoms with van der Waals surface area (Å²) >= 11 is 7.02. The Balaban J connectivity index is 2.11. The van der Waals surface area contributed by atoms with E-state index in [1.807, 2.05) is 12.1 Å². The molecule has 0 aromatic heterocycles. The molecule has 0 spiro atoms. The quantitative estimate of drug-likeness (QED) is 0.642. The fraction of sp³-hybridized carbons (Fsp3) is 0.571. The molecule has 0 atom stereocenters. The van der Waals surface area contributed by atoms with Crippen molar-refractivity contribution in [2.75, 3.05) is 23.9 Å². The Bertz CT molecular complexity index is 389. The molecule has 0 radical (unpaired) electrons. The van der Waals surface area contributed by atoms with Gasteiger partial charge in [-0.3, -0.25) is 0 Å². The molecule has 0 aliphatic heterocycles. The summed E-state index contributed by atoms with van der Waals surface area (Å²) in [5, 5.41) is 1.35. The molecule has 2 rings (SSSR count). The first kappa shape index (κ1) is 14.5. The molecule has 1 fully saturated rings. The minimum absolute atomic E-state index is 0.161. The highest BCUT2D eigenvalue weighted by atomic mass is 79.9. The van der Waals surface area contributed by atoms with Crippen LogP contribution in [0.25, 0.3) is 0 Å². The first-order valence-corrected chi connectivity index (χ1v) is 8.41. The average molecular weight is 380 g/mol. The molecule has 100 valence electrons. The maximum atomic E-state index is 14.0. The predicted molar refractivity (Wildman–Crippen MR) is 79.2 cm³/mol. The number of alkyl halides is 2. The molecule has 4 heteroatoms. The van der Waals surface area contributed by atoms with Gasteiger partial charge in [0, 0.05) is 22.7 Å². The zero-order valence-electron chi connectivity index (χ0n) is 10.2. The normalized spacial score (nSPS) is 15.9. The van der Waals surface area contributed by atoms with Crippen molar-refractivity contribution in [2.24, 2.45) is 5.92 Å². The van der Waals surface area contributed by atoms with E-state index in [0.717, 1.165) is 18.1 Å². The van der Waals surface area contributed by atoms with Gasteiger partial charge < -0.3 is 4.74 Å². The third kappa shape index (κ3) is 3.34. The van der Waals surface area contributed by atoms with Gasteiger partial charge in [-0.25, -0.2) is 4.39 Å². The van der Waals surface area contributed by atoms with Crippen LogP contribution < -0.4 is 0 Å². The highest BCUT2D eigenvalue weighted by molar-refractivity contribution is 9.09. The summed E-state index contributed by atoms with van der Waals surface area (Å²) in [6.07, 6.45) is 2.55. The Kier molecular flexibility index (Phi) is 5.22. The van der Waals surface area contributed by atoms with E-state index in [1.54, 1.807) is 6.07 Å². The standard InChI is InChI=1S/C14H17Br2FO/c15-8-14(9-16,10-18-7-11-5-6-11)12-3-1-2-4-13(12)17/h1-4,11H,5-10H2. The van der Waals surface area contributed by atoms with Gasteiger partial charge in [0.15, 0.2) is 0 Å². The van der Waals surface area contributed by atoms with Crippen molar-refractivity contribution in [3.8, 4) is 0 Å². The maximum Gasteiger partial charge on any atom is 0.127 e. The Hall–Kier alpha value is 0.0700. The molecule has 1 aromatic carbocycles. The highest BCUT2D eigenvalue weighted by Crippen LogP contribution is 2.33. The van der Waals surface area contributed by atoms with Crippen LogP contribution in [0.3, 0.4) is 0 Å². The van der Waals surface area contributed by atoms with Crippen LogP contribution in [0.15, 0.2) is 24.3 Å². The molecule has 1 nitrogen and oxygen atoms in total. The van der Waals surface area contributed by atoms with Gasteiger partial charge in [-0.2, -0.15) is 0 Å².